The van der Waals surface area contributed by atoms with E-state index in [-0.39, 0.29) is 23.9 Å². The van der Waals surface area contributed by atoms with Gasteiger partial charge in [-0.2, -0.15) is 0 Å². The molecule has 1 saturated carbocycles. The van der Waals surface area contributed by atoms with Gasteiger partial charge in [0.05, 0.1) is 17.5 Å². The molecule has 0 saturated heterocycles. The van der Waals surface area contributed by atoms with Crippen LogP contribution in [0.5, 0.6) is 5.75 Å². The molecule has 1 amide bonds. The van der Waals surface area contributed by atoms with E-state index in [2.05, 4.69) is 5.32 Å². The zero-order valence-corrected chi connectivity index (χ0v) is 12.0. The molecule has 0 unspecified atom stereocenters. The molecule has 0 spiro atoms. The van der Waals surface area contributed by atoms with E-state index >= 15 is 0 Å². The van der Waals surface area contributed by atoms with Crippen LogP contribution in [0.15, 0.2) is 11.4 Å². The van der Waals surface area contributed by atoms with Crippen molar-refractivity contribution in [2.45, 2.75) is 31.2 Å². The number of hydrogen-bond acceptors (Lipinski definition) is 4. The van der Waals surface area contributed by atoms with Crippen LogP contribution in [-0.2, 0) is 0 Å². The van der Waals surface area contributed by atoms with Crippen LogP contribution < -0.4 is 15.8 Å². The first-order chi connectivity index (χ1) is 8.19. The summed E-state index contributed by atoms with van der Waals surface area (Å²) >= 11 is 1.40. The van der Waals surface area contributed by atoms with E-state index in [0.29, 0.717) is 11.4 Å². The maximum absolute atomic E-state index is 12.1. The number of carbonyl (C=O) groups is 1. The summed E-state index contributed by atoms with van der Waals surface area (Å²) in [6, 6.07) is 1.76. The van der Waals surface area contributed by atoms with Crippen molar-refractivity contribution in [3.63, 3.8) is 0 Å². The van der Waals surface area contributed by atoms with Gasteiger partial charge in [0.1, 0.15) is 5.75 Å². The predicted molar refractivity (Wildman–Crippen MR) is 75.8 cm³/mol. The SMILES string of the molecule is COc1csc(C(=O)NC2(CN)CCCC2)c1.Cl. The fourth-order valence-electron chi connectivity index (χ4n) is 2.28. The van der Waals surface area contributed by atoms with E-state index in [1.807, 2.05) is 5.38 Å². The van der Waals surface area contributed by atoms with Crippen molar-refractivity contribution in [3.05, 3.63) is 16.3 Å². The summed E-state index contributed by atoms with van der Waals surface area (Å²) in [7, 11) is 1.60. The number of amides is 1. The Morgan fingerprint density at radius 1 is 1.56 bits per heavy atom. The Hall–Kier alpha value is -0.780. The van der Waals surface area contributed by atoms with Gasteiger partial charge in [-0.25, -0.2) is 0 Å². The molecule has 1 aromatic heterocycles. The molecule has 1 aromatic rings. The lowest BCUT2D eigenvalue weighted by molar-refractivity contribution is 0.0907. The van der Waals surface area contributed by atoms with Crippen LogP contribution in [0.4, 0.5) is 0 Å². The fraction of sp³-hybridized carbons (Fsp3) is 0.583. The van der Waals surface area contributed by atoms with Crippen molar-refractivity contribution in [1.29, 1.82) is 0 Å². The van der Waals surface area contributed by atoms with Gasteiger partial charge in [-0.05, 0) is 12.8 Å². The topological polar surface area (TPSA) is 64.3 Å². The fourth-order valence-corrected chi connectivity index (χ4v) is 3.03. The molecule has 0 bridgehead atoms. The Bertz CT molecular complexity index is 403. The highest BCUT2D eigenvalue weighted by molar-refractivity contribution is 7.12. The second-order valence-corrected chi connectivity index (χ2v) is 5.41. The number of ether oxygens (including phenoxy) is 1. The summed E-state index contributed by atoms with van der Waals surface area (Å²) in [5.74, 6) is 0.694. The third-order valence-electron chi connectivity index (χ3n) is 3.36. The van der Waals surface area contributed by atoms with Gasteiger partial charge < -0.3 is 15.8 Å². The molecular weight excluding hydrogens is 272 g/mol. The average Bonchev–Trinajstić information content (AvgIpc) is 2.97. The van der Waals surface area contributed by atoms with Gasteiger partial charge >= 0.3 is 0 Å². The Kier molecular flexibility index (Phi) is 5.44. The number of nitrogens with two attached hydrogens (primary N) is 1. The molecule has 6 heteroatoms. The number of carbonyl (C=O) groups excluding carboxylic acids is 1. The number of nitrogens with one attached hydrogen (secondary N) is 1. The van der Waals surface area contributed by atoms with Crippen molar-refractivity contribution in [2.24, 2.45) is 5.73 Å². The highest BCUT2D eigenvalue weighted by Gasteiger charge is 2.34. The lowest BCUT2D eigenvalue weighted by atomic mass is 9.98. The molecule has 0 radical (unpaired) electrons. The molecule has 1 heterocycles. The maximum Gasteiger partial charge on any atom is 0.261 e. The lowest BCUT2D eigenvalue weighted by Gasteiger charge is -2.28. The number of thiophene rings is 1. The standard InChI is InChI=1S/C12H18N2O2S.ClH/c1-16-9-6-10(17-7-9)11(15)14-12(8-13)4-2-3-5-12;/h6-7H,2-5,8,13H2,1H3,(H,14,15);1H. The number of halogens is 1. The molecule has 0 atom stereocenters. The molecule has 0 aliphatic heterocycles. The van der Waals surface area contributed by atoms with Crippen molar-refractivity contribution < 1.29 is 9.53 Å². The summed E-state index contributed by atoms with van der Waals surface area (Å²) in [5, 5.41) is 4.92. The van der Waals surface area contributed by atoms with Gasteiger partial charge in [0.25, 0.3) is 5.91 Å². The Morgan fingerprint density at radius 2 is 2.22 bits per heavy atom. The average molecular weight is 291 g/mol. The summed E-state index contributed by atoms with van der Waals surface area (Å²) in [5.41, 5.74) is 5.60. The minimum Gasteiger partial charge on any atom is -0.496 e. The quantitative estimate of drug-likeness (QED) is 0.893. The predicted octanol–water partition coefficient (Wildman–Crippen LogP) is 2.18. The first kappa shape index (κ1) is 15.3. The van der Waals surface area contributed by atoms with Gasteiger partial charge in [0.2, 0.25) is 0 Å². The van der Waals surface area contributed by atoms with E-state index in [1.165, 1.54) is 11.3 Å². The minimum atomic E-state index is -0.186. The summed E-state index contributed by atoms with van der Waals surface area (Å²) in [6.45, 7) is 0.515. The largest absolute Gasteiger partial charge is 0.496 e. The highest BCUT2D eigenvalue weighted by Crippen LogP contribution is 2.30. The minimum absolute atomic E-state index is 0. The van der Waals surface area contributed by atoms with E-state index < -0.39 is 0 Å². The Balaban J connectivity index is 0.00000162. The van der Waals surface area contributed by atoms with E-state index in [0.717, 1.165) is 31.4 Å². The molecule has 4 nitrogen and oxygen atoms in total. The maximum atomic E-state index is 12.1. The van der Waals surface area contributed by atoms with Crippen LogP contribution in [-0.4, -0.2) is 25.1 Å². The zero-order chi connectivity index (χ0) is 12.3. The van der Waals surface area contributed by atoms with Crippen molar-refractivity contribution in [2.75, 3.05) is 13.7 Å². The van der Waals surface area contributed by atoms with E-state index in [9.17, 15) is 4.79 Å². The van der Waals surface area contributed by atoms with Crippen LogP contribution >= 0.6 is 23.7 Å². The van der Waals surface area contributed by atoms with Crippen LogP contribution in [0.2, 0.25) is 0 Å². The van der Waals surface area contributed by atoms with Crippen molar-refractivity contribution in [3.8, 4) is 5.75 Å². The van der Waals surface area contributed by atoms with Gasteiger partial charge in [-0.1, -0.05) is 12.8 Å². The molecule has 102 valence electrons. The molecular formula is C12H19ClN2O2S. The third kappa shape index (κ3) is 3.16. The Labute approximate surface area is 117 Å². The van der Waals surface area contributed by atoms with E-state index in [1.54, 1.807) is 13.2 Å². The van der Waals surface area contributed by atoms with Crippen LogP contribution in [0, 0.1) is 0 Å². The molecule has 1 fully saturated rings. The third-order valence-corrected chi connectivity index (χ3v) is 4.27. The molecule has 0 aromatic carbocycles. The lowest BCUT2D eigenvalue weighted by Crippen LogP contribution is -2.51. The van der Waals surface area contributed by atoms with Crippen LogP contribution in [0.1, 0.15) is 35.4 Å². The monoisotopic (exact) mass is 290 g/mol. The normalized spacial score (nSPS) is 17.0. The van der Waals surface area contributed by atoms with Gasteiger partial charge in [0, 0.05) is 18.0 Å². The molecule has 18 heavy (non-hydrogen) atoms. The summed E-state index contributed by atoms with van der Waals surface area (Å²) in [6.07, 6.45) is 4.26. The van der Waals surface area contributed by atoms with Gasteiger partial charge in [-0.3, -0.25) is 4.79 Å². The second kappa shape index (κ2) is 6.41. The number of methoxy groups -OCH3 is 1. The zero-order valence-electron chi connectivity index (χ0n) is 10.4. The summed E-state index contributed by atoms with van der Waals surface area (Å²) in [4.78, 5) is 12.8. The van der Waals surface area contributed by atoms with Gasteiger partial charge in [0.15, 0.2) is 0 Å². The molecule has 3 N–H and O–H groups in total. The van der Waals surface area contributed by atoms with Crippen molar-refractivity contribution in [1.82, 2.24) is 5.32 Å². The molecule has 2 rings (SSSR count). The first-order valence-corrected chi connectivity index (χ1v) is 6.72. The van der Waals surface area contributed by atoms with Gasteiger partial charge in [-0.15, -0.1) is 23.7 Å². The molecule has 1 aliphatic carbocycles. The number of rotatable bonds is 4. The van der Waals surface area contributed by atoms with Crippen LogP contribution in [0.3, 0.4) is 0 Å². The smallest absolute Gasteiger partial charge is 0.261 e. The summed E-state index contributed by atoms with van der Waals surface area (Å²) < 4.78 is 5.07. The van der Waals surface area contributed by atoms with Crippen molar-refractivity contribution >= 4 is 29.7 Å². The second-order valence-electron chi connectivity index (χ2n) is 4.50. The highest BCUT2D eigenvalue weighted by atomic mass is 35.5. The Morgan fingerprint density at radius 3 is 2.72 bits per heavy atom. The van der Waals surface area contributed by atoms with Crippen LogP contribution in [0.25, 0.3) is 0 Å². The molecule has 1 aliphatic rings. The number of hydrogen-bond donors (Lipinski definition) is 2. The first-order valence-electron chi connectivity index (χ1n) is 5.84. The van der Waals surface area contributed by atoms with E-state index in [4.69, 9.17) is 10.5 Å².